The second-order valence-electron chi connectivity index (χ2n) is 5.30. The average Bonchev–Trinajstić information content (AvgIpc) is 2.59. The zero-order chi connectivity index (χ0) is 16.7. The zero-order valence-electron chi connectivity index (χ0n) is 12.4. The van der Waals surface area contributed by atoms with Crippen molar-refractivity contribution < 1.29 is 13.6 Å². The van der Waals surface area contributed by atoms with Crippen LogP contribution in [0.4, 0.5) is 20.2 Å². The van der Waals surface area contributed by atoms with Crippen LogP contribution in [-0.4, -0.2) is 5.91 Å². The van der Waals surface area contributed by atoms with E-state index in [1.807, 2.05) is 48.5 Å². The Morgan fingerprint density at radius 3 is 2.00 bits per heavy atom. The molecule has 0 unspecified atom stereocenters. The van der Waals surface area contributed by atoms with Gasteiger partial charge in [-0.25, -0.2) is 8.78 Å². The molecule has 0 saturated carbocycles. The van der Waals surface area contributed by atoms with E-state index in [9.17, 15) is 13.6 Å². The summed E-state index contributed by atoms with van der Waals surface area (Å²) in [6.45, 7) is 0. The minimum Gasteiger partial charge on any atom is -0.275 e. The number of fused-ring (bicyclic) bond motifs is 2. The molecule has 0 spiro atoms. The van der Waals surface area contributed by atoms with E-state index in [-0.39, 0.29) is 5.56 Å². The zero-order valence-corrected chi connectivity index (χ0v) is 13.2. The van der Waals surface area contributed by atoms with Crippen LogP contribution in [0.5, 0.6) is 0 Å². The lowest BCUT2D eigenvalue weighted by Crippen LogP contribution is -2.29. The number of para-hydroxylation sites is 2. The lowest BCUT2D eigenvalue weighted by atomic mass is 10.1. The van der Waals surface area contributed by atoms with Gasteiger partial charge >= 0.3 is 0 Å². The molecule has 0 saturated heterocycles. The van der Waals surface area contributed by atoms with Crippen molar-refractivity contribution in [3.63, 3.8) is 0 Å². The summed E-state index contributed by atoms with van der Waals surface area (Å²) in [4.78, 5) is 16.3. The Balaban J connectivity index is 1.89. The normalized spacial score (nSPS) is 12.5. The smallest absolute Gasteiger partial charge is 0.265 e. The van der Waals surface area contributed by atoms with E-state index in [2.05, 4.69) is 0 Å². The summed E-state index contributed by atoms with van der Waals surface area (Å²) in [5.41, 5.74) is 1.22. The van der Waals surface area contributed by atoms with Gasteiger partial charge in [-0.1, -0.05) is 36.0 Å². The maximum absolute atomic E-state index is 14.1. The van der Waals surface area contributed by atoms with E-state index in [1.165, 1.54) is 11.0 Å². The SMILES string of the molecule is O=C(c1ccc(F)cc1F)N1c2ccccc2Sc2ccccc21. The molecule has 0 aliphatic carbocycles. The summed E-state index contributed by atoms with van der Waals surface area (Å²) in [7, 11) is 0. The minimum absolute atomic E-state index is 0.159. The highest BCUT2D eigenvalue weighted by atomic mass is 32.2. The van der Waals surface area contributed by atoms with Crippen molar-refractivity contribution in [2.45, 2.75) is 9.79 Å². The van der Waals surface area contributed by atoms with E-state index in [0.717, 1.165) is 21.9 Å². The minimum atomic E-state index is -0.867. The summed E-state index contributed by atoms with van der Waals surface area (Å²) in [6, 6.07) is 17.9. The van der Waals surface area contributed by atoms with Crippen LogP contribution in [0, 0.1) is 11.6 Å². The van der Waals surface area contributed by atoms with Crippen molar-refractivity contribution >= 4 is 29.0 Å². The first-order valence-electron chi connectivity index (χ1n) is 7.30. The van der Waals surface area contributed by atoms with E-state index in [0.29, 0.717) is 11.4 Å². The molecule has 1 heterocycles. The molecule has 5 heteroatoms. The topological polar surface area (TPSA) is 20.3 Å². The molecule has 0 bridgehead atoms. The molecule has 3 aromatic carbocycles. The monoisotopic (exact) mass is 339 g/mol. The van der Waals surface area contributed by atoms with Gasteiger partial charge in [0.05, 0.1) is 16.9 Å². The summed E-state index contributed by atoms with van der Waals surface area (Å²) < 4.78 is 27.3. The molecule has 118 valence electrons. The highest BCUT2D eigenvalue weighted by Gasteiger charge is 2.30. The Morgan fingerprint density at radius 1 is 0.833 bits per heavy atom. The molecule has 2 nitrogen and oxygen atoms in total. The summed E-state index contributed by atoms with van der Waals surface area (Å²) >= 11 is 1.56. The van der Waals surface area contributed by atoms with Crippen LogP contribution >= 0.6 is 11.8 Å². The van der Waals surface area contributed by atoms with Crippen LogP contribution in [0.2, 0.25) is 0 Å². The standard InChI is InChI=1S/C19H11F2NOS/c20-12-9-10-13(14(21)11-12)19(23)22-15-5-1-3-7-17(15)24-18-8-4-2-6-16(18)22/h1-11H. The van der Waals surface area contributed by atoms with Crippen LogP contribution in [-0.2, 0) is 0 Å². The molecule has 0 aromatic heterocycles. The third-order valence-electron chi connectivity index (χ3n) is 3.80. The van der Waals surface area contributed by atoms with Gasteiger partial charge in [0.1, 0.15) is 11.6 Å². The van der Waals surface area contributed by atoms with Gasteiger partial charge in [-0.15, -0.1) is 0 Å². The molecule has 4 rings (SSSR count). The van der Waals surface area contributed by atoms with Gasteiger partial charge in [0.25, 0.3) is 5.91 Å². The average molecular weight is 339 g/mol. The van der Waals surface area contributed by atoms with Crippen molar-refractivity contribution in [3.8, 4) is 0 Å². The van der Waals surface area contributed by atoms with Crippen molar-refractivity contribution in [1.82, 2.24) is 0 Å². The highest BCUT2D eigenvalue weighted by Crippen LogP contribution is 2.48. The molecule has 0 N–H and O–H groups in total. The molecule has 1 amide bonds. The number of amides is 1. The summed E-state index contributed by atoms with van der Waals surface area (Å²) in [5, 5.41) is 0. The number of carbonyl (C=O) groups is 1. The fourth-order valence-corrected chi connectivity index (χ4v) is 3.76. The van der Waals surface area contributed by atoms with Gasteiger partial charge in [0, 0.05) is 15.9 Å². The quantitative estimate of drug-likeness (QED) is 0.591. The first kappa shape index (κ1) is 14.9. The Morgan fingerprint density at radius 2 is 1.42 bits per heavy atom. The molecule has 0 radical (unpaired) electrons. The molecule has 1 aliphatic heterocycles. The Kier molecular flexibility index (Phi) is 3.58. The van der Waals surface area contributed by atoms with E-state index >= 15 is 0 Å². The largest absolute Gasteiger partial charge is 0.275 e. The number of benzene rings is 3. The number of nitrogens with zero attached hydrogens (tertiary/aromatic N) is 1. The third-order valence-corrected chi connectivity index (χ3v) is 4.93. The molecule has 0 atom stereocenters. The van der Waals surface area contributed by atoms with Crippen LogP contribution in [0.15, 0.2) is 76.5 Å². The lowest BCUT2D eigenvalue weighted by Gasteiger charge is -2.31. The highest BCUT2D eigenvalue weighted by molar-refractivity contribution is 7.99. The molecule has 1 aliphatic rings. The predicted octanol–water partition coefficient (Wildman–Crippen LogP) is 5.41. The Labute approximate surface area is 141 Å². The van der Waals surface area contributed by atoms with Crippen LogP contribution in [0.1, 0.15) is 10.4 Å². The second kappa shape index (κ2) is 5.76. The Hall–Kier alpha value is -2.66. The second-order valence-corrected chi connectivity index (χ2v) is 6.39. The molecule has 0 fully saturated rings. The molecule has 3 aromatic rings. The lowest BCUT2D eigenvalue weighted by molar-refractivity contribution is 0.0994. The van der Waals surface area contributed by atoms with Crippen molar-refractivity contribution in [3.05, 3.63) is 83.9 Å². The predicted molar refractivity (Wildman–Crippen MR) is 89.8 cm³/mol. The third kappa shape index (κ3) is 2.37. The van der Waals surface area contributed by atoms with E-state index < -0.39 is 17.5 Å². The van der Waals surface area contributed by atoms with Crippen LogP contribution in [0.3, 0.4) is 0 Å². The fraction of sp³-hybridized carbons (Fsp3) is 0. The number of hydrogen-bond acceptors (Lipinski definition) is 2. The van der Waals surface area contributed by atoms with Gasteiger partial charge in [0.2, 0.25) is 0 Å². The number of hydrogen-bond donors (Lipinski definition) is 0. The van der Waals surface area contributed by atoms with Crippen molar-refractivity contribution in [2.75, 3.05) is 4.90 Å². The van der Waals surface area contributed by atoms with Gasteiger partial charge in [0.15, 0.2) is 0 Å². The number of halogens is 2. The maximum atomic E-state index is 14.1. The number of carbonyl (C=O) groups excluding carboxylic acids is 1. The molecular formula is C19H11F2NOS. The van der Waals surface area contributed by atoms with Gasteiger partial charge in [-0.3, -0.25) is 9.69 Å². The van der Waals surface area contributed by atoms with Crippen LogP contribution in [0.25, 0.3) is 0 Å². The van der Waals surface area contributed by atoms with Crippen molar-refractivity contribution in [2.24, 2.45) is 0 Å². The van der Waals surface area contributed by atoms with Gasteiger partial charge in [-0.05, 0) is 36.4 Å². The first-order chi connectivity index (χ1) is 11.6. The van der Waals surface area contributed by atoms with E-state index in [1.54, 1.807) is 11.8 Å². The van der Waals surface area contributed by atoms with Gasteiger partial charge < -0.3 is 0 Å². The van der Waals surface area contributed by atoms with Crippen molar-refractivity contribution in [1.29, 1.82) is 0 Å². The molecule has 24 heavy (non-hydrogen) atoms. The number of rotatable bonds is 1. The Bertz CT molecular complexity index is 912. The van der Waals surface area contributed by atoms with Crippen LogP contribution < -0.4 is 4.90 Å². The summed E-state index contributed by atoms with van der Waals surface area (Å²) in [5.74, 6) is -2.10. The van der Waals surface area contributed by atoms with Gasteiger partial charge in [-0.2, -0.15) is 0 Å². The molecular weight excluding hydrogens is 328 g/mol. The number of anilines is 2. The fourth-order valence-electron chi connectivity index (χ4n) is 2.71. The summed E-state index contributed by atoms with van der Waals surface area (Å²) in [6.07, 6.45) is 0. The first-order valence-corrected chi connectivity index (χ1v) is 8.12. The maximum Gasteiger partial charge on any atom is 0.265 e. The van der Waals surface area contributed by atoms with E-state index in [4.69, 9.17) is 0 Å².